The molecule has 0 saturated carbocycles. The van der Waals surface area contributed by atoms with Crippen LogP contribution >= 0.6 is 0 Å². The molecule has 0 bridgehead atoms. The molecule has 1 amide bonds. The van der Waals surface area contributed by atoms with Gasteiger partial charge in [-0.15, -0.1) is 0 Å². The summed E-state index contributed by atoms with van der Waals surface area (Å²) in [6, 6.07) is 11.6. The number of amides is 1. The van der Waals surface area contributed by atoms with Gasteiger partial charge in [-0.05, 0) is 25.5 Å². The molecule has 0 unspecified atom stereocenters. The highest BCUT2D eigenvalue weighted by Crippen LogP contribution is 2.17. The van der Waals surface area contributed by atoms with Crippen molar-refractivity contribution in [3.63, 3.8) is 0 Å². The summed E-state index contributed by atoms with van der Waals surface area (Å²) in [5.74, 6) is -0.720. The molecule has 1 aromatic carbocycles. The van der Waals surface area contributed by atoms with Crippen molar-refractivity contribution in [3.8, 4) is 0 Å². The fraction of sp³-hybridized carbons (Fsp3) is 0.300. The van der Waals surface area contributed by atoms with E-state index in [1.807, 2.05) is 44.2 Å². The molecule has 0 fully saturated rings. The molecule has 0 N–H and O–H groups in total. The molecule has 0 aliphatic heterocycles. The van der Waals surface area contributed by atoms with Gasteiger partial charge in [0.1, 0.15) is 6.54 Å². The molecule has 0 aliphatic rings. The van der Waals surface area contributed by atoms with E-state index in [9.17, 15) is 9.59 Å². The van der Waals surface area contributed by atoms with Crippen molar-refractivity contribution in [2.75, 3.05) is 13.7 Å². The molecular formula is C20H22N4O3. The molecule has 3 rings (SSSR count). The third-order valence-electron chi connectivity index (χ3n) is 4.31. The van der Waals surface area contributed by atoms with Gasteiger partial charge in [-0.25, -0.2) is 9.67 Å². The van der Waals surface area contributed by atoms with Crippen molar-refractivity contribution < 1.29 is 14.3 Å². The number of esters is 1. The summed E-state index contributed by atoms with van der Waals surface area (Å²) in [5.41, 5.74) is 2.24. The largest absolute Gasteiger partial charge is 0.468 e. The molecule has 140 valence electrons. The topological polar surface area (TPSA) is 77.3 Å². The highest BCUT2D eigenvalue weighted by molar-refractivity contribution is 5.98. The van der Waals surface area contributed by atoms with Gasteiger partial charge in [0.05, 0.1) is 25.4 Å². The molecule has 0 atom stereocenters. The summed E-state index contributed by atoms with van der Waals surface area (Å²) < 4.78 is 6.48. The summed E-state index contributed by atoms with van der Waals surface area (Å²) in [6.07, 6.45) is 3.22. The molecule has 0 saturated heterocycles. The first kappa shape index (κ1) is 18.6. The quantitative estimate of drug-likeness (QED) is 0.627. The van der Waals surface area contributed by atoms with Gasteiger partial charge < -0.3 is 9.64 Å². The Bertz CT molecular complexity index is 950. The van der Waals surface area contributed by atoms with E-state index in [2.05, 4.69) is 14.8 Å². The third kappa shape index (κ3) is 4.13. The molecule has 2 heterocycles. The molecule has 0 radical (unpaired) electrons. The van der Waals surface area contributed by atoms with E-state index in [0.717, 1.165) is 10.9 Å². The second kappa shape index (κ2) is 7.99. The molecule has 3 aromatic rings. The van der Waals surface area contributed by atoms with E-state index >= 15 is 0 Å². The number of aromatic nitrogens is 3. The molecule has 27 heavy (non-hydrogen) atoms. The molecule has 7 heteroatoms. The highest BCUT2D eigenvalue weighted by atomic mass is 16.5. The van der Waals surface area contributed by atoms with E-state index in [1.165, 1.54) is 18.2 Å². The van der Waals surface area contributed by atoms with Crippen molar-refractivity contribution in [3.05, 3.63) is 59.9 Å². The van der Waals surface area contributed by atoms with Crippen LogP contribution in [0.15, 0.2) is 48.8 Å². The van der Waals surface area contributed by atoms with Crippen LogP contribution in [-0.4, -0.2) is 51.2 Å². The Morgan fingerprint density at radius 3 is 2.59 bits per heavy atom. The maximum atomic E-state index is 12.8. The Morgan fingerprint density at radius 1 is 1.19 bits per heavy atom. The zero-order valence-corrected chi connectivity index (χ0v) is 15.6. The molecule has 0 aliphatic carbocycles. The highest BCUT2D eigenvalue weighted by Gasteiger charge is 2.23. The van der Waals surface area contributed by atoms with Gasteiger partial charge in [0.25, 0.3) is 5.91 Å². The maximum Gasteiger partial charge on any atom is 0.325 e. The standard InChI is InChI=1S/C20H22N4O3/c1-14(2)23(13-18(25)27-3)20(26)17-9-16-11-22-24(19(16)21-10-17)12-15-7-5-4-6-8-15/h4-11,14H,12-13H2,1-3H3. The lowest BCUT2D eigenvalue weighted by Gasteiger charge is -2.25. The number of ether oxygens (including phenoxy) is 1. The number of hydrogen-bond acceptors (Lipinski definition) is 5. The van der Waals surface area contributed by atoms with Crippen LogP contribution < -0.4 is 0 Å². The number of nitrogens with zero attached hydrogens (tertiary/aromatic N) is 4. The Morgan fingerprint density at radius 2 is 1.93 bits per heavy atom. The van der Waals surface area contributed by atoms with E-state index in [4.69, 9.17) is 0 Å². The van der Waals surface area contributed by atoms with E-state index in [-0.39, 0.29) is 18.5 Å². The van der Waals surface area contributed by atoms with Crippen LogP contribution in [0.25, 0.3) is 11.0 Å². The van der Waals surface area contributed by atoms with Gasteiger partial charge in [-0.1, -0.05) is 30.3 Å². The fourth-order valence-corrected chi connectivity index (χ4v) is 2.82. The minimum absolute atomic E-state index is 0.0989. The maximum absolute atomic E-state index is 12.8. The summed E-state index contributed by atoms with van der Waals surface area (Å²) in [5, 5.41) is 5.16. The summed E-state index contributed by atoms with van der Waals surface area (Å²) in [7, 11) is 1.31. The molecule has 7 nitrogen and oxygen atoms in total. The summed E-state index contributed by atoms with van der Waals surface area (Å²) in [4.78, 5) is 30.3. The zero-order chi connectivity index (χ0) is 19.4. The van der Waals surface area contributed by atoms with Gasteiger partial charge in [-0.3, -0.25) is 9.59 Å². The van der Waals surface area contributed by atoms with Crippen LogP contribution in [-0.2, 0) is 16.1 Å². The summed E-state index contributed by atoms with van der Waals surface area (Å²) >= 11 is 0. The number of carbonyl (C=O) groups excluding carboxylic acids is 2. The number of fused-ring (bicyclic) bond motifs is 1. The summed E-state index contributed by atoms with van der Waals surface area (Å²) in [6.45, 7) is 4.21. The SMILES string of the molecule is COC(=O)CN(C(=O)c1cnc2c(cnn2Cc2ccccc2)c1)C(C)C. The Labute approximate surface area is 157 Å². The van der Waals surface area contributed by atoms with Gasteiger partial charge in [0, 0.05) is 17.6 Å². The van der Waals surface area contributed by atoms with Gasteiger partial charge in [-0.2, -0.15) is 5.10 Å². The van der Waals surface area contributed by atoms with Crippen LogP contribution in [0.4, 0.5) is 0 Å². The molecular weight excluding hydrogens is 344 g/mol. The smallest absolute Gasteiger partial charge is 0.325 e. The van der Waals surface area contributed by atoms with E-state index in [0.29, 0.717) is 17.8 Å². The number of hydrogen-bond donors (Lipinski definition) is 0. The van der Waals surface area contributed by atoms with Crippen molar-refractivity contribution in [1.29, 1.82) is 0 Å². The van der Waals surface area contributed by atoms with Crippen LogP contribution in [0, 0.1) is 0 Å². The van der Waals surface area contributed by atoms with Crippen LogP contribution in [0.3, 0.4) is 0 Å². The minimum Gasteiger partial charge on any atom is -0.468 e. The van der Waals surface area contributed by atoms with Gasteiger partial charge >= 0.3 is 5.97 Å². The monoisotopic (exact) mass is 366 g/mol. The van der Waals surface area contributed by atoms with E-state index < -0.39 is 5.97 Å². The van der Waals surface area contributed by atoms with Crippen molar-refractivity contribution in [2.24, 2.45) is 0 Å². The predicted octanol–water partition coefficient (Wildman–Crippen LogP) is 2.50. The average Bonchev–Trinajstić information content (AvgIpc) is 3.08. The second-order valence-electron chi connectivity index (χ2n) is 6.53. The number of methoxy groups -OCH3 is 1. The first-order chi connectivity index (χ1) is 13.0. The molecule has 0 spiro atoms. The Balaban J connectivity index is 1.86. The van der Waals surface area contributed by atoms with Crippen molar-refractivity contribution in [1.82, 2.24) is 19.7 Å². The van der Waals surface area contributed by atoms with E-state index in [1.54, 1.807) is 16.9 Å². The third-order valence-corrected chi connectivity index (χ3v) is 4.31. The van der Waals surface area contributed by atoms with Crippen LogP contribution in [0.2, 0.25) is 0 Å². The van der Waals surface area contributed by atoms with Crippen LogP contribution in [0.1, 0.15) is 29.8 Å². The van der Waals surface area contributed by atoms with Crippen molar-refractivity contribution >= 4 is 22.9 Å². The fourth-order valence-electron chi connectivity index (χ4n) is 2.82. The second-order valence-corrected chi connectivity index (χ2v) is 6.53. The number of carbonyl (C=O) groups is 2. The van der Waals surface area contributed by atoms with Crippen LogP contribution in [0.5, 0.6) is 0 Å². The normalized spacial score (nSPS) is 11.0. The first-order valence-electron chi connectivity index (χ1n) is 8.73. The number of rotatable bonds is 6. The lowest BCUT2D eigenvalue weighted by atomic mass is 10.2. The first-order valence-corrected chi connectivity index (χ1v) is 8.73. The molecule has 2 aromatic heterocycles. The minimum atomic E-state index is -0.457. The van der Waals surface area contributed by atoms with Gasteiger partial charge in [0.15, 0.2) is 5.65 Å². The Hall–Kier alpha value is -3.22. The lowest BCUT2D eigenvalue weighted by molar-refractivity contribution is -0.141. The van der Waals surface area contributed by atoms with Gasteiger partial charge in [0.2, 0.25) is 0 Å². The predicted molar refractivity (Wildman–Crippen MR) is 101 cm³/mol. The number of benzene rings is 1. The van der Waals surface area contributed by atoms with Crippen molar-refractivity contribution in [2.45, 2.75) is 26.4 Å². The number of pyridine rings is 1. The average molecular weight is 366 g/mol. The Kier molecular flexibility index (Phi) is 5.49. The lowest BCUT2D eigenvalue weighted by Crippen LogP contribution is -2.41. The zero-order valence-electron chi connectivity index (χ0n) is 15.6.